The predicted octanol–water partition coefficient (Wildman–Crippen LogP) is 2.44. The molecule has 4 nitrogen and oxygen atoms in total. The van der Waals surface area contributed by atoms with Gasteiger partial charge in [-0.15, -0.1) is 0 Å². The van der Waals surface area contributed by atoms with E-state index < -0.39 is 11.6 Å². The number of unbranched alkanes of at least 4 members (excludes halogenated alkanes) is 1. The molecule has 0 saturated carbocycles. The van der Waals surface area contributed by atoms with Gasteiger partial charge in [-0.25, -0.2) is 15.2 Å². The SMILES string of the molecule is CC(C)(C)N(NCCCCBr)C(=O)O. The number of hydrazine groups is 1. The third-order valence-corrected chi connectivity index (χ3v) is 2.25. The van der Waals surface area contributed by atoms with E-state index in [1.807, 2.05) is 20.8 Å². The zero-order valence-electron chi connectivity index (χ0n) is 9.01. The quantitative estimate of drug-likeness (QED) is 0.457. The molecule has 0 unspecified atom stereocenters. The molecule has 84 valence electrons. The highest BCUT2D eigenvalue weighted by atomic mass is 79.9. The van der Waals surface area contributed by atoms with E-state index in [4.69, 9.17) is 5.11 Å². The molecule has 0 radical (unpaired) electrons. The Bertz CT molecular complexity index is 180. The van der Waals surface area contributed by atoms with Gasteiger partial charge in [0, 0.05) is 11.9 Å². The lowest BCUT2D eigenvalue weighted by molar-refractivity contribution is 0.0642. The van der Waals surface area contributed by atoms with E-state index in [1.165, 1.54) is 5.01 Å². The van der Waals surface area contributed by atoms with Crippen LogP contribution in [0.25, 0.3) is 0 Å². The summed E-state index contributed by atoms with van der Waals surface area (Å²) in [6.45, 7) is 6.27. The maximum atomic E-state index is 10.9. The summed E-state index contributed by atoms with van der Waals surface area (Å²) >= 11 is 3.33. The first-order chi connectivity index (χ1) is 6.39. The van der Waals surface area contributed by atoms with Gasteiger partial charge in [-0.05, 0) is 33.6 Å². The highest BCUT2D eigenvalue weighted by Gasteiger charge is 2.25. The minimum Gasteiger partial charge on any atom is -0.464 e. The van der Waals surface area contributed by atoms with Crippen LogP contribution in [0, 0.1) is 0 Å². The van der Waals surface area contributed by atoms with Crippen LogP contribution in [0.5, 0.6) is 0 Å². The molecule has 0 rings (SSSR count). The van der Waals surface area contributed by atoms with E-state index in [0.29, 0.717) is 6.54 Å². The van der Waals surface area contributed by atoms with E-state index in [1.54, 1.807) is 0 Å². The van der Waals surface area contributed by atoms with Crippen LogP contribution in [0.3, 0.4) is 0 Å². The van der Waals surface area contributed by atoms with Crippen LogP contribution in [0.2, 0.25) is 0 Å². The standard InChI is InChI=1S/C9H19BrN2O2/c1-9(2,3)12(8(13)14)11-7-5-4-6-10/h11H,4-7H2,1-3H3,(H,13,14). The molecule has 0 atom stereocenters. The maximum Gasteiger partial charge on any atom is 0.422 e. The van der Waals surface area contributed by atoms with Crippen molar-refractivity contribution in [3.63, 3.8) is 0 Å². The van der Waals surface area contributed by atoms with Gasteiger partial charge in [-0.3, -0.25) is 0 Å². The summed E-state index contributed by atoms with van der Waals surface area (Å²) in [5, 5.41) is 11.1. The van der Waals surface area contributed by atoms with Gasteiger partial charge in [0.1, 0.15) is 0 Å². The lowest BCUT2D eigenvalue weighted by atomic mass is 10.1. The molecule has 0 aromatic rings. The number of halogens is 1. The first kappa shape index (κ1) is 13.7. The van der Waals surface area contributed by atoms with Crippen LogP contribution >= 0.6 is 15.9 Å². The molecule has 0 aliphatic carbocycles. The minimum atomic E-state index is -0.934. The highest BCUT2D eigenvalue weighted by Crippen LogP contribution is 2.10. The molecule has 0 heterocycles. The number of carbonyl (C=O) groups is 1. The van der Waals surface area contributed by atoms with Crippen LogP contribution in [-0.4, -0.2) is 33.6 Å². The van der Waals surface area contributed by atoms with Gasteiger partial charge in [0.25, 0.3) is 0 Å². The van der Waals surface area contributed by atoms with Crippen molar-refractivity contribution in [2.24, 2.45) is 0 Å². The van der Waals surface area contributed by atoms with Crippen LogP contribution in [0.15, 0.2) is 0 Å². The fraction of sp³-hybridized carbons (Fsp3) is 0.889. The number of nitrogens with one attached hydrogen (secondary N) is 1. The molecule has 0 saturated heterocycles. The largest absolute Gasteiger partial charge is 0.464 e. The third kappa shape index (κ3) is 5.44. The van der Waals surface area contributed by atoms with E-state index >= 15 is 0 Å². The lowest BCUT2D eigenvalue weighted by Crippen LogP contribution is -2.53. The second-order valence-electron chi connectivity index (χ2n) is 4.09. The van der Waals surface area contributed by atoms with Crippen molar-refractivity contribution < 1.29 is 9.90 Å². The molecule has 0 aliphatic rings. The number of nitrogens with zero attached hydrogens (tertiary/aromatic N) is 1. The Morgan fingerprint density at radius 3 is 2.36 bits per heavy atom. The van der Waals surface area contributed by atoms with E-state index in [0.717, 1.165) is 18.2 Å². The number of rotatable bonds is 5. The Balaban J connectivity index is 3.94. The van der Waals surface area contributed by atoms with Crippen molar-refractivity contribution >= 4 is 22.0 Å². The van der Waals surface area contributed by atoms with E-state index in [-0.39, 0.29) is 0 Å². The number of hydrogen-bond acceptors (Lipinski definition) is 2. The van der Waals surface area contributed by atoms with Crippen molar-refractivity contribution in [3.05, 3.63) is 0 Å². The molecular weight excluding hydrogens is 248 g/mol. The first-order valence-corrected chi connectivity index (χ1v) is 5.84. The second-order valence-corrected chi connectivity index (χ2v) is 4.89. The summed E-state index contributed by atoms with van der Waals surface area (Å²) in [5.41, 5.74) is 2.50. The normalized spacial score (nSPS) is 11.4. The molecule has 0 aromatic heterocycles. The predicted molar refractivity (Wildman–Crippen MR) is 60.6 cm³/mol. The zero-order chi connectivity index (χ0) is 11.2. The van der Waals surface area contributed by atoms with Crippen molar-refractivity contribution in [1.82, 2.24) is 10.4 Å². The highest BCUT2D eigenvalue weighted by molar-refractivity contribution is 9.09. The van der Waals surface area contributed by atoms with Crippen molar-refractivity contribution in [2.75, 3.05) is 11.9 Å². The smallest absolute Gasteiger partial charge is 0.422 e. The molecule has 0 aliphatic heterocycles. The summed E-state index contributed by atoms with van der Waals surface area (Å²) in [6, 6.07) is 0. The van der Waals surface area contributed by atoms with Gasteiger partial charge >= 0.3 is 6.09 Å². The fourth-order valence-electron chi connectivity index (χ4n) is 1.00. The Hall–Kier alpha value is -0.290. The van der Waals surface area contributed by atoms with Crippen molar-refractivity contribution in [2.45, 2.75) is 39.2 Å². The fourth-order valence-corrected chi connectivity index (χ4v) is 1.40. The topological polar surface area (TPSA) is 52.6 Å². The number of amides is 1. The third-order valence-electron chi connectivity index (χ3n) is 1.69. The molecule has 0 bridgehead atoms. The lowest BCUT2D eigenvalue weighted by Gasteiger charge is -2.33. The molecule has 0 aromatic carbocycles. The average molecular weight is 267 g/mol. The summed E-state index contributed by atoms with van der Waals surface area (Å²) in [6.07, 6.45) is 1.08. The van der Waals surface area contributed by atoms with Gasteiger partial charge in [-0.1, -0.05) is 15.9 Å². The Kier molecular flexibility index (Phi) is 6.11. The summed E-state index contributed by atoms with van der Waals surface area (Å²) in [7, 11) is 0. The maximum absolute atomic E-state index is 10.9. The second kappa shape index (κ2) is 6.24. The van der Waals surface area contributed by atoms with Gasteiger partial charge in [0.2, 0.25) is 0 Å². The average Bonchev–Trinajstić information content (AvgIpc) is 2.01. The molecule has 14 heavy (non-hydrogen) atoms. The van der Waals surface area contributed by atoms with E-state index in [9.17, 15) is 4.79 Å². The number of hydrogen-bond donors (Lipinski definition) is 2. The number of alkyl halides is 1. The summed E-state index contributed by atoms with van der Waals surface area (Å²) in [4.78, 5) is 10.9. The Labute approximate surface area is 93.8 Å². The monoisotopic (exact) mass is 266 g/mol. The van der Waals surface area contributed by atoms with Crippen LogP contribution in [0.4, 0.5) is 4.79 Å². The molecule has 2 N–H and O–H groups in total. The summed E-state index contributed by atoms with van der Waals surface area (Å²) < 4.78 is 0. The molecule has 0 spiro atoms. The van der Waals surface area contributed by atoms with Crippen LogP contribution in [0.1, 0.15) is 33.6 Å². The van der Waals surface area contributed by atoms with Gasteiger partial charge in [-0.2, -0.15) is 0 Å². The van der Waals surface area contributed by atoms with Gasteiger partial charge in [0.15, 0.2) is 0 Å². The molecule has 0 fully saturated rings. The first-order valence-electron chi connectivity index (χ1n) is 4.72. The number of carboxylic acid groups (broad SMARTS) is 1. The molecule has 5 heteroatoms. The van der Waals surface area contributed by atoms with E-state index in [2.05, 4.69) is 21.4 Å². The minimum absolute atomic E-state index is 0.403. The Morgan fingerprint density at radius 1 is 1.43 bits per heavy atom. The zero-order valence-corrected chi connectivity index (χ0v) is 10.6. The van der Waals surface area contributed by atoms with Crippen molar-refractivity contribution in [3.8, 4) is 0 Å². The molecule has 1 amide bonds. The van der Waals surface area contributed by atoms with Gasteiger partial charge in [0.05, 0.1) is 5.54 Å². The van der Waals surface area contributed by atoms with Crippen LogP contribution < -0.4 is 5.43 Å². The molecular formula is C9H19BrN2O2. The van der Waals surface area contributed by atoms with Gasteiger partial charge < -0.3 is 5.11 Å². The summed E-state index contributed by atoms with van der Waals surface area (Å²) in [5.74, 6) is 0. The van der Waals surface area contributed by atoms with Crippen molar-refractivity contribution in [1.29, 1.82) is 0 Å². The Morgan fingerprint density at radius 2 is 2.00 bits per heavy atom. The van der Waals surface area contributed by atoms with Crippen LogP contribution in [-0.2, 0) is 0 Å².